The van der Waals surface area contributed by atoms with Crippen LogP contribution < -0.4 is 5.32 Å². The molecule has 0 bridgehead atoms. The van der Waals surface area contributed by atoms with E-state index in [4.69, 9.17) is 4.84 Å². The van der Waals surface area contributed by atoms with Gasteiger partial charge in [-0.3, -0.25) is 9.59 Å². The third-order valence-corrected chi connectivity index (χ3v) is 7.77. The molecule has 0 radical (unpaired) electrons. The maximum absolute atomic E-state index is 13.1. The topological polar surface area (TPSA) is 71.0 Å². The van der Waals surface area contributed by atoms with Gasteiger partial charge in [-0.2, -0.15) is 0 Å². The average Bonchev–Trinajstić information content (AvgIpc) is 3.55. The molecule has 2 aliphatic heterocycles. The molecule has 1 unspecified atom stereocenters. The minimum Gasteiger partial charge on any atom is -0.379 e. The lowest BCUT2D eigenvalue weighted by atomic mass is 9.90. The Morgan fingerprint density at radius 2 is 1.69 bits per heavy atom. The highest BCUT2D eigenvalue weighted by molar-refractivity contribution is 6.06. The molecule has 1 N–H and O–H groups in total. The van der Waals surface area contributed by atoms with Crippen molar-refractivity contribution in [1.82, 2.24) is 10.2 Å². The van der Waals surface area contributed by atoms with E-state index >= 15 is 0 Å². The van der Waals surface area contributed by atoms with Crippen LogP contribution in [0.1, 0.15) is 73.4 Å². The molecule has 1 saturated carbocycles. The van der Waals surface area contributed by atoms with Crippen LogP contribution in [0.5, 0.6) is 0 Å². The molecular weight excluding hydrogens is 438 g/mol. The summed E-state index contributed by atoms with van der Waals surface area (Å²) in [4.78, 5) is 33.4. The van der Waals surface area contributed by atoms with Gasteiger partial charge in [0.15, 0.2) is 0 Å². The highest BCUT2D eigenvalue weighted by atomic mass is 16.7. The average molecular weight is 474 g/mol. The first-order valence-electron chi connectivity index (χ1n) is 13.0. The molecule has 2 aromatic carbocycles. The number of hydrogen-bond acceptors (Lipinski definition) is 4. The molecule has 2 fully saturated rings. The Bertz CT molecular complexity index is 1070. The van der Waals surface area contributed by atoms with Crippen molar-refractivity contribution in [3.63, 3.8) is 0 Å². The molecule has 3 aliphatic rings. The number of benzene rings is 2. The highest BCUT2D eigenvalue weighted by Crippen LogP contribution is 2.29. The van der Waals surface area contributed by atoms with Gasteiger partial charge in [-0.1, -0.05) is 60.5 Å². The fourth-order valence-corrected chi connectivity index (χ4v) is 5.50. The smallest absolute Gasteiger partial charge is 0.267 e. The second-order valence-electron chi connectivity index (χ2n) is 10.5. The van der Waals surface area contributed by atoms with Gasteiger partial charge in [-0.15, -0.1) is 0 Å². The summed E-state index contributed by atoms with van der Waals surface area (Å²) in [7, 11) is 0. The first kappa shape index (κ1) is 23.6. The Balaban J connectivity index is 1.13. The Morgan fingerprint density at radius 1 is 1.00 bits per heavy atom. The van der Waals surface area contributed by atoms with Gasteiger partial charge in [-0.25, -0.2) is 0 Å². The summed E-state index contributed by atoms with van der Waals surface area (Å²) in [6, 6.07) is 18.4. The van der Waals surface area contributed by atoms with Crippen molar-refractivity contribution < 1.29 is 14.4 Å². The van der Waals surface area contributed by atoms with Gasteiger partial charge < -0.3 is 15.1 Å². The summed E-state index contributed by atoms with van der Waals surface area (Å²) in [6.07, 6.45) is 7.99. The van der Waals surface area contributed by atoms with Crippen molar-refractivity contribution >= 4 is 17.5 Å². The van der Waals surface area contributed by atoms with E-state index in [0.29, 0.717) is 17.9 Å². The second-order valence-corrected chi connectivity index (χ2v) is 10.5. The Labute approximate surface area is 207 Å². The van der Waals surface area contributed by atoms with Gasteiger partial charge >= 0.3 is 0 Å². The third kappa shape index (κ3) is 5.42. The van der Waals surface area contributed by atoms with Gasteiger partial charge in [0.25, 0.3) is 11.8 Å². The maximum atomic E-state index is 13.1. The van der Waals surface area contributed by atoms with Crippen LogP contribution in [0.15, 0.2) is 59.8 Å². The number of amides is 2. The van der Waals surface area contributed by atoms with E-state index in [1.165, 1.54) is 18.4 Å². The minimum atomic E-state index is -0.976. The number of hydrogen-bond donors (Lipinski definition) is 1. The van der Waals surface area contributed by atoms with Gasteiger partial charge in [0.1, 0.15) is 0 Å². The zero-order valence-electron chi connectivity index (χ0n) is 20.5. The van der Waals surface area contributed by atoms with Crippen LogP contribution in [0, 0.1) is 5.92 Å². The molecule has 2 amide bonds. The predicted octanol–water partition coefficient (Wildman–Crippen LogP) is 4.72. The van der Waals surface area contributed by atoms with E-state index in [0.717, 1.165) is 56.5 Å². The van der Waals surface area contributed by atoms with Crippen LogP contribution in [0.2, 0.25) is 0 Å². The predicted molar refractivity (Wildman–Crippen MR) is 136 cm³/mol. The molecule has 2 aromatic rings. The SMILES string of the molecule is CC1(C(=O)NC2CCCC2)CC(c2ccc(C(=O)N3CCC(Cc4ccccc4)CC3)cc2)=NO1. The standard InChI is InChI=1S/C29H35N3O3/c1-29(28(34)30-25-9-5-6-10-25)20-26(31-35-29)23-11-13-24(14-12-23)27(33)32-17-15-22(16-18-32)19-21-7-3-2-4-8-21/h2-4,7-8,11-14,22,25H,5-6,9-10,15-20H2,1H3,(H,30,34). The molecule has 0 spiro atoms. The van der Waals surface area contributed by atoms with Gasteiger partial charge in [0, 0.05) is 31.1 Å². The largest absolute Gasteiger partial charge is 0.379 e. The monoisotopic (exact) mass is 473 g/mol. The number of carbonyl (C=O) groups excluding carboxylic acids is 2. The van der Waals surface area contributed by atoms with E-state index in [1.54, 1.807) is 6.92 Å². The molecule has 1 aliphatic carbocycles. The number of oxime groups is 1. The molecule has 1 atom stereocenters. The van der Waals surface area contributed by atoms with Gasteiger partial charge in [0.05, 0.1) is 5.71 Å². The summed E-state index contributed by atoms with van der Waals surface area (Å²) in [6.45, 7) is 3.40. The minimum absolute atomic E-state index is 0.0834. The quantitative estimate of drug-likeness (QED) is 0.660. The van der Waals surface area contributed by atoms with Crippen LogP contribution in [0.3, 0.4) is 0 Å². The van der Waals surface area contributed by atoms with Gasteiger partial charge in [-0.05, 0) is 68.2 Å². The summed E-state index contributed by atoms with van der Waals surface area (Å²) < 4.78 is 0. The molecule has 35 heavy (non-hydrogen) atoms. The van der Waals surface area contributed by atoms with Crippen molar-refractivity contribution in [2.75, 3.05) is 13.1 Å². The van der Waals surface area contributed by atoms with E-state index in [9.17, 15) is 9.59 Å². The van der Waals surface area contributed by atoms with E-state index < -0.39 is 5.60 Å². The Hall–Kier alpha value is -3.15. The molecule has 0 aromatic heterocycles. The van der Waals surface area contributed by atoms with Crippen molar-refractivity contribution in [3.8, 4) is 0 Å². The number of likely N-dealkylation sites (tertiary alicyclic amines) is 1. The molecule has 5 rings (SSSR count). The first-order valence-corrected chi connectivity index (χ1v) is 13.0. The van der Waals surface area contributed by atoms with Crippen molar-refractivity contribution in [1.29, 1.82) is 0 Å². The van der Waals surface area contributed by atoms with Crippen LogP contribution >= 0.6 is 0 Å². The molecule has 2 heterocycles. The fraction of sp³-hybridized carbons (Fsp3) is 0.483. The van der Waals surface area contributed by atoms with E-state index in [1.807, 2.05) is 29.2 Å². The first-order chi connectivity index (χ1) is 17.0. The van der Waals surface area contributed by atoms with Crippen molar-refractivity contribution in [2.24, 2.45) is 11.1 Å². The van der Waals surface area contributed by atoms with E-state index in [2.05, 4.69) is 40.8 Å². The summed E-state index contributed by atoms with van der Waals surface area (Å²) in [5.41, 5.74) is 2.72. The highest BCUT2D eigenvalue weighted by Gasteiger charge is 2.43. The zero-order chi connectivity index (χ0) is 24.3. The second kappa shape index (κ2) is 10.2. The van der Waals surface area contributed by atoms with Gasteiger partial charge in [0.2, 0.25) is 5.60 Å². The molecular formula is C29H35N3O3. The van der Waals surface area contributed by atoms with Crippen LogP contribution in [-0.2, 0) is 16.1 Å². The number of carbonyl (C=O) groups is 2. The third-order valence-electron chi connectivity index (χ3n) is 7.77. The fourth-order valence-electron chi connectivity index (χ4n) is 5.50. The summed E-state index contributed by atoms with van der Waals surface area (Å²) in [5.74, 6) is 0.620. The number of nitrogens with one attached hydrogen (secondary N) is 1. The Kier molecular flexibility index (Phi) is 6.89. The van der Waals surface area contributed by atoms with Crippen LogP contribution in [0.4, 0.5) is 0 Å². The zero-order valence-corrected chi connectivity index (χ0v) is 20.5. The van der Waals surface area contributed by atoms with E-state index in [-0.39, 0.29) is 17.9 Å². The number of nitrogens with zero attached hydrogens (tertiary/aromatic N) is 2. The Morgan fingerprint density at radius 3 is 2.37 bits per heavy atom. The van der Waals surface area contributed by atoms with Crippen LogP contribution in [-0.4, -0.2) is 47.2 Å². The van der Waals surface area contributed by atoms with Crippen molar-refractivity contribution in [3.05, 3.63) is 71.3 Å². The molecule has 1 saturated heterocycles. The normalized spacial score (nSPS) is 23.1. The molecule has 184 valence electrons. The van der Waals surface area contributed by atoms with Crippen LogP contribution in [0.25, 0.3) is 0 Å². The molecule has 6 heteroatoms. The maximum Gasteiger partial charge on any atom is 0.267 e. The lowest BCUT2D eigenvalue weighted by molar-refractivity contribution is -0.142. The lowest BCUT2D eigenvalue weighted by Crippen LogP contribution is -2.48. The molecule has 6 nitrogen and oxygen atoms in total. The number of piperidine rings is 1. The summed E-state index contributed by atoms with van der Waals surface area (Å²) >= 11 is 0. The summed E-state index contributed by atoms with van der Waals surface area (Å²) in [5, 5.41) is 7.35. The van der Waals surface area contributed by atoms with Crippen molar-refractivity contribution in [2.45, 2.75) is 69.9 Å². The lowest BCUT2D eigenvalue weighted by Gasteiger charge is -2.32. The number of rotatable bonds is 6.